The van der Waals surface area contributed by atoms with Crippen molar-refractivity contribution < 1.29 is 0 Å². The van der Waals surface area contributed by atoms with Gasteiger partial charge in [-0.25, -0.2) is 0 Å². The number of benzene rings is 1. The van der Waals surface area contributed by atoms with Crippen LogP contribution in [-0.4, -0.2) is 6.04 Å². The Bertz CT molecular complexity index is 347. The molecule has 1 aliphatic carbocycles. The zero-order valence-electron chi connectivity index (χ0n) is 8.96. The van der Waals surface area contributed by atoms with Gasteiger partial charge in [-0.2, -0.15) is 0 Å². The predicted octanol–water partition coefficient (Wildman–Crippen LogP) is 3.47. The molecule has 3 N–H and O–H groups in total. The summed E-state index contributed by atoms with van der Waals surface area (Å²) < 4.78 is 1.21. The molecular formula is C12H17IN2. The van der Waals surface area contributed by atoms with Crippen molar-refractivity contribution in [2.45, 2.75) is 32.2 Å². The monoisotopic (exact) mass is 316 g/mol. The van der Waals surface area contributed by atoms with Crippen molar-refractivity contribution in [3.8, 4) is 0 Å². The molecule has 1 aromatic carbocycles. The van der Waals surface area contributed by atoms with E-state index >= 15 is 0 Å². The molecule has 15 heavy (non-hydrogen) atoms. The fourth-order valence-electron chi connectivity index (χ4n) is 1.95. The van der Waals surface area contributed by atoms with Gasteiger partial charge in [0.25, 0.3) is 0 Å². The number of hydrogen-bond donors (Lipinski definition) is 2. The Morgan fingerprint density at radius 1 is 1.47 bits per heavy atom. The zero-order valence-corrected chi connectivity index (χ0v) is 11.1. The van der Waals surface area contributed by atoms with E-state index in [1.165, 1.54) is 28.5 Å². The Labute approximate surface area is 105 Å². The number of halogens is 1. The predicted molar refractivity (Wildman–Crippen MR) is 74.0 cm³/mol. The molecule has 0 spiro atoms. The van der Waals surface area contributed by atoms with Crippen molar-refractivity contribution in [1.29, 1.82) is 0 Å². The van der Waals surface area contributed by atoms with E-state index in [0.29, 0.717) is 6.04 Å². The van der Waals surface area contributed by atoms with Crippen molar-refractivity contribution in [1.82, 2.24) is 0 Å². The fourth-order valence-corrected chi connectivity index (χ4v) is 2.65. The molecule has 0 amide bonds. The van der Waals surface area contributed by atoms with Gasteiger partial charge in [0.1, 0.15) is 0 Å². The van der Waals surface area contributed by atoms with Gasteiger partial charge in [0.2, 0.25) is 0 Å². The van der Waals surface area contributed by atoms with Crippen molar-refractivity contribution >= 4 is 34.0 Å². The van der Waals surface area contributed by atoms with Crippen LogP contribution in [0, 0.1) is 9.49 Å². The molecule has 1 aromatic rings. The quantitative estimate of drug-likeness (QED) is 0.662. The van der Waals surface area contributed by atoms with E-state index in [4.69, 9.17) is 5.73 Å². The average Bonchev–Trinajstić information content (AvgIpc) is 2.07. The summed E-state index contributed by atoms with van der Waals surface area (Å²) in [6.07, 6.45) is 4.15. The minimum absolute atomic E-state index is 0.580. The normalized spacial score (nSPS) is 18.3. The summed E-state index contributed by atoms with van der Waals surface area (Å²) in [6.45, 7) is 2.27. The smallest absolute Gasteiger partial charge is 0.0479 e. The number of nitrogens with two attached hydrogens (primary N) is 1. The Kier molecular flexibility index (Phi) is 3.38. The maximum Gasteiger partial charge on any atom is 0.0479 e. The number of rotatable bonds is 3. The van der Waals surface area contributed by atoms with Crippen LogP contribution in [0.4, 0.5) is 11.4 Å². The number of nitrogen functional groups attached to an aromatic ring is 1. The van der Waals surface area contributed by atoms with Gasteiger partial charge >= 0.3 is 0 Å². The third kappa shape index (κ3) is 2.56. The molecule has 0 aliphatic heterocycles. The molecule has 2 nitrogen and oxygen atoms in total. The highest BCUT2D eigenvalue weighted by Crippen LogP contribution is 2.32. The molecule has 2 rings (SSSR count). The van der Waals surface area contributed by atoms with Crippen LogP contribution in [0.5, 0.6) is 0 Å². The van der Waals surface area contributed by atoms with E-state index in [0.717, 1.165) is 11.6 Å². The summed E-state index contributed by atoms with van der Waals surface area (Å²) in [5, 5.41) is 3.58. The fraction of sp³-hybridized carbons (Fsp3) is 0.500. The Morgan fingerprint density at radius 2 is 2.20 bits per heavy atom. The van der Waals surface area contributed by atoms with Crippen molar-refractivity contribution in [3.63, 3.8) is 0 Å². The van der Waals surface area contributed by atoms with Crippen LogP contribution in [0.3, 0.4) is 0 Å². The van der Waals surface area contributed by atoms with E-state index in [1.54, 1.807) is 0 Å². The molecule has 82 valence electrons. The molecule has 1 fully saturated rings. The largest absolute Gasteiger partial charge is 0.399 e. The maximum absolute atomic E-state index is 5.72. The maximum atomic E-state index is 5.72. The van der Waals surface area contributed by atoms with Crippen LogP contribution in [0.1, 0.15) is 26.2 Å². The van der Waals surface area contributed by atoms with Crippen LogP contribution in [0.25, 0.3) is 0 Å². The highest BCUT2D eigenvalue weighted by molar-refractivity contribution is 14.1. The number of anilines is 2. The van der Waals surface area contributed by atoms with Gasteiger partial charge in [0.15, 0.2) is 0 Å². The summed E-state index contributed by atoms with van der Waals surface area (Å²) in [7, 11) is 0. The van der Waals surface area contributed by atoms with Gasteiger partial charge in [-0.05, 0) is 66.5 Å². The van der Waals surface area contributed by atoms with Gasteiger partial charge in [-0.15, -0.1) is 0 Å². The lowest BCUT2D eigenvalue weighted by molar-refractivity contribution is 0.285. The van der Waals surface area contributed by atoms with Crippen molar-refractivity contribution in [2.24, 2.45) is 5.92 Å². The van der Waals surface area contributed by atoms with Crippen LogP contribution in [0.15, 0.2) is 18.2 Å². The first-order valence-corrected chi connectivity index (χ1v) is 6.56. The molecule has 1 unspecified atom stereocenters. The lowest BCUT2D eigenvalue weighted by atomic mass is 9.80. The van der Waals surface area contributed by atoms with Gasteiger partial charge in [-0.3, -0.25) is 0 Å². The van der Waals surface area contributed by atoms with Crippen molar-refractivity contribution in [2.75, 3.05) is 11.1 Å². The zero-order chi connectivity index (χ0) is 10.8. The first-order valence-electron chi connectivity index (χ1n) is 5.48. The minimum Gasteiger partial charge on any atom is -0.399 e. The summed E-state index contributed by atoms with van der Waals surface area (Å²) in [5.74, 6) is 0.860. The molecule has 0 saturated heterocycles. The summed E-state index contributed by atoms with van der Waals surface area (Å²) in [4.78, 5) is 0. The van der Waals surface area contributed by atoms with Gasteiger partial charge in [-0.1, -0.05) is 6.42 Å². The second-order valence-electron chi connectivity index (χ2n) is 4.36. The third-order valence-corrected chi connectivity index (χ3v) is 4.13. The van der Waals surface area contributed by atoms with Crippen LogP contribution in [-0.2, 0) is 0 Å². The van der Waals surface area contributed by atoms with Gasteiger partial charge < -0.3 is 11.1 Å². The third-order valence-electron chi connectivity index (χ3n) is 3.23. The van der Waals surface area contributed by atoms with Crippen LogP contribution >= 0.6 is 22.6 Å². The summed E-state index contributed by atoms with van der Waals surface area (Å²) in [6, 6.07) is 6.62. The number of hydrogen-bond acceptors (Lipinski definition) is 2. The minimum atomic E-state index is 0.580. The van der Waals surface area contributed by atoms with Crippen LogP contribution in [0.2, 0.25) is 0 Å². The molecular weight excluding hydrogens is 299 g/mol. The standard InChI is InChI=1S/C12H17IN2/c1-8(9-3-2-4-9)15-12-6-5-10(14)7-11(12)13/h5-9,15H,2-4,14H2,1H3. The second kappa shape index (κ2) is 4.60. The highest BCUT2D eigenvalue weighted by atomic mass is 127. The molecule has 0 radical (unpaired) electrons. The molecule has 1 atom stereocenters. The van der Waals surface area contributed by atoms with Gasteiger partial charge in [0.05, 0.1) is 0 Å². The Balaban J connectivity index is 2.03. The lowest BCUT2D eigenvalue weighted by Crippen LogP contribution is -2.31. The average molecular weight is 316 g/mol. The summed E-state index contributed by atoms with van der Waals surface area (Å²) >= 11 is 2.33. The molecule has 3 heteroatoms. The first kappa shape index (κ1) is 11.0. The van der Waals surface area contributed by atoms with E-state index in [9.17, 15) is 0 Å². The highest BCUT2D eigenvalue weighted by Gasteiger charge is 2.23. The SMILES string of the molecule is CC(Nc1ccc(N)cc1I)C1CCC1. The van der Waals surface area contributed by atoms with E-state index in [1.807, 2.05) is 12.1 Å². The molecule has 0 aromatic heterocycles. The summed E-state index contributed by atoms with van der Waals surface area (Å²) in [5.41, 5.74) is 7.77. The Morgan fingerprint density at radius 3 is 2.73 bits per heavy atom. The van der Waals surface area contributed by atoms with E-state index in [2.05, 4.69) is 40.9 Å². The number of nitrogens with one attached hydrogen (secondary N) is 1. The van der Waals surface area contributed by atoms with Crippen molar-refractivity contribution in [3.05, 3.63) is 21.8 Å². The molecule has 0 heterocycles. The Hall–Kier alpha value is -0.450. The van der Waals surface area contributed by atoms with E-state index in [-0.39, 0.29) is 0 Å². The lowest BCUT2D eigenvalue weighted by Gasteiger charge is -2.32. The molecule has 1 saturated carbocycles. The van der Waals surface area contributed by atoms with Crippen LogP contribution < -0.4 is 11.1 Å². The molecule has 1 aliphatic rings. The van der Waals surface area contributed by atoms with E-state index < -0.39 is 0 Å². The van der Waals surface area contributed by atoms with Gasteiger partial charge in [0, 0.05) is 21.0 Å². The second-order valence-corrected chi connectivity index (χ2v) is 5.53. The topological polar surface area (TPSA) is 38.0 Å². The molecule has 0 bridgehead atoms. The first-order chi connectivity index (χ1) is 7.16.